The maximum Gasteiger partial charge on any atom is 0.341 e. The Morgan fingerprint density at radius 2 is 1.91 bits per heavy atom. The summed E-state index contributed by atoms with van der Waals surface area (Å²) in [7, 11) is 1.37. The highest BCUT2D eigenvalue weighted by Crippen LogP contribution is 2.33. The number of rotatable bonds is 3. The van der Waals surface area contributed by atoms with E-state index in [9.17, 15) is 4.79 Å². The summed E-state index contributed by atoms with van der Waals surface area (Å²) in [6.45, 7) is 7.78. The summed E-state index contributed by atoms with van der Waals surface area (Å²) in [5.41, 5.74) is 3.43. The Hall–Kier alpha value is -1.99. The molecule has 122 valence electrons. The van der Waals surface area contributed by atoms with Crippen molar-refractivity contribution in [3.05, 3.63) is 39.4 Å². The minimum atomic E-state index is -0.373. The van der Waals surface area contributed by atoms with E-state index in [0.717, 1.165) is 21.7 Å². The van der Waals surface area contributed by atoms with Gasteiger partial charge in [-0.15, -0.1) is 11.3 Å². The molecule has 23 heavy (non-hydrogen) atoms. The highest BCUT2D eigenvalue weighted by molar-refractivity contribution is 7.80. The number of hydrogen-bond donors (Lipinski definition) is 2. The van der Waals surface area contributed by atoms with Crippen LogP contribution in [0.1, 0.15) is 32.1 Å². The zero-order chi connectivity index (χ0) is 17.1. The molecule has 0 aliphatic rings. The van der Waals surface area contributed by atoms with E-state index in [1.54, 1.807) is 0 Å². The van der Waals surface area contributed by atoms with Crippen LogP contribution in [0, 0.1) is 27.7 Å². The average molecular weight is 349 g/mol. The summed E-state index contributed by atoms with van der Waals surface area (Å²) in [6, 6.07) is 3.90. The molecule has 0 amide bonds. The Balaban J connectivity index is 2.20. The molecule has 0 saturated heterocycles. The number of hydrogen-bond acceptors (Lipinski definition) is 5. The SMILES string of the molecule is COC(=O)c1c(NC(=S)Nc2cc(C)cc(C)n2)sc(C)c1C. The number of thiophene rings is 1. The van der Waals surface area contributed by atoms with Crippen molar-refractivity contribution in [1.29, 1.82) is 0 Å². The molecule has 0 aliphatic heterocycles. The van der Waals surface area contributed by atoms with Gasteiger partial charge in [-0.1, -0.05) is 0 Å². The predicted octanol–water partition coefficient (Wildman–Crippen LogP) is 3.97. The summed E-state index contributed by atoms with van der Waals surface area (Å²) >= 11 is 6.80. The van der Waals surface area contributed by atoms with E-state index >= 15 is 0 Å². The zero-order valence-corrected chi connectivity index (χ0v) is 15.4. The molecule has 0 unspecified atom stereocenters. The Morgan fingerprint density at radius 1 is 1.22 bits per heavy atom. The number of carbonyl (C=O) groups is 1. The maximum absolute atomic E-state index is 12.0. The van der Waals surface area contributed by atoms with Gasteiger partial charge in [-0.05, 0) is 63.2 Å². The molecule has 0 spiro atoms. The van der Waals surface area contributed by atoms with Crippen molar-refractivity contribution >= 4 is 45.5 Å². The van der Waals surface area contributed by atoms with Gasteiger partial charge >= 0.3 is 5.97 Å². The first kappa shape index (κ1) is 17.4. The number of methoxy groups -OCH3 is 1. The van der Waals surface area contributed by atoms with Gasteiger partial charge in [0, 0.05) is 10.6 Å². The Morgan fingerprint density at radius 3 is 2.52 bits per heavy atom. The number of anilines is 2. The van der Waals surface area contributed by atoms with Crippen LogP contribution < -0.4 is 10.6 Å². The van der Waals surface area contributed by atoms with Crippen LogP contribution >= 0.6 is 23.6 Å². The molecule has 0 aromatic carbocycles. The van der Waals surface area contributed by atoms with Crippen LogP contribution in [0.25, 0.3) is 0 Å². The van der Waals surface area contributed by atoms with Gasteiger partial charge in [0.1, 0.15) is 10.8 Å². The van der Waals surface area contributed by atoms with Gasteiger partial charge in [-0.25, -0.2) is 9.78 Å². The lowest BCUT2D eigenvalue weighted by molar-refractivity contribution is 0.0601. The second kappa shape index (κ2) is 7.06. The third kappa shape index (κ3) is 4.05. The molecule has 0 saturated carbocycles. The molecular weight excluding hydrogens is 330 g/mol. The molecule has 2 aromatic rings. The van der Waals surface area contributed by atoms with Crippen LogP contribution in [0.3, 0.4) is 0 Å². The van der Waals surface area contributed by atoms with Crippen LogP contribution in [-0.4, -0.2) is 23.2 Å². The van der Waals surface area contributed by atoms with Crippen molar-refractivity contribution in [1.82, 2.24) is 4.98 Å². The second-order valence-electron chi connectivity index (χ2n) is 5.23. The van der Waals surface area contributed by atoms with Crippen molar-refractivity contribution in [2.45, 2.75) is 27.7 Å². The van der Waals surface area contributed by atoms with Crippen LogP contribution in [0.5, 0.6) is 0 Å². The third-order valence-corrected chi connectivity index (χ3v) is 4.67. The average Bonchev–Trinajstić information content (AvgIpc) is 2.71. The van der Waals surface area contributed by atoms with Crippen LogP contribution in [0.4, 0.5) is 10.8 Å². The minimum Gasteiger partial charge on any atom is -0.465 e. The van der Waals surface area contributed by atoms with Crippen LogP contribution in [0.15, 0.2) is 12.1 Å². The summed E-state index contributed by atoms with van der Waals surface area (Å²) in [5.74, 6) is 0.297. The van der Waals surface area contributed by atoms with Crippen molar-refractivity contribution < 1.29 is 9.53 Å². The number of esters is 1. The van der Waals surface area contributed by atoms with Crippen LogP contribution in [-0.2, 0) is 4.74 Å². The molecular formula is C16H19N3O2S2. The van der Waals surface area contributed by atoms with E-state index in [1.165, 1.54) is 18.4 Å². The smallest absolute Gasteiger partial charge is 0.341 e. The van der Waals surface area contributed by atoms with Gasteiger partial charge in [0.2, 0.25) is 0 Å². The normalized spacial score (nSPS) is 10.3. The van der Waals surface area contributed by atoms with E-state index in [-0.39, 0.29) is 5.97 Å². The summed E-state index contributed by atoms with van der Waals surface area (Å²) < 4.78 is 4.85. The Bertz CT molecular complexity index is 749. The summed E-state index contributed by atoms with van der Waals surface area (Å²) in [5, 5.41) is 7.18. The molecule has 2 aromatic heterocycles. The van der Waals surface area contributed by atoms with E-state index in [2.05, 4.69) is 15.6 Å². The third-order valence-electron chi connectivity index (χ3n) is 3.34. The summed E-state index contributed by atoms with van der Waals surface area (Å²) in [4.78, 5) is 17.4. The topological polar surface area (TPSA) is 63.2 Å². The van der Waals surface area contributed by atoms with E-state index in [4.69, 9.17) is 17.0 Å². The molecule has 2 N–H and O–H groups in total. The first-order valence-corrected chi connectivity index (χ1v) is 8.26. The maximum atomic E-state index is 12.0. The molecule has 5 nitrogen and oxygen atoms in total. The largest absolute Gasteiger partial charge is 0.465 e. The van der Waals surface area contributed by atoms with Crippen molar-refractivity contribution in [2.75, 3.05) is 17.7 Å². The van der Waals surface area contributed by atoms with Crippen molar-refractivity contribution in [3.8, 4) is 0 Å². The van der Waals surface area contributed by atoms with Gasteiger partial charge in [0.25, 0.3) is 0 Å². The highest BCUT2D eigenvalue weighted by atomic mass is 32.1. The Labute approximate surface area is 145 Å². The first-order valence-electron chi connectivity index (χ1n) is 7.03. The minimum absolute atomic E-state index is 0.373. The van der Waals surface area contributed by atoms with Crippen LogP contribution in [0.2, 0.25) is 0 Å². The van der Waals surface area contributed by atoms with Gasteiger partial charge in [-0.3, -0.25) is 0 Å². The number of aromatic nitrogens is 1. The zero-order valence-electron chi connectivity index (χ0n) is 13.7. The standard InChI is InChI=1S/C16H19N3O2S2/c1-8-6-9(2)17-12(7-8)18-16(22)19-14-13(15(20)21-5)10(3)11(4)23-14/h6-7H,1-5H3,(H2,17,18,19,22). The molecule has 2 heterocycles. The molecule has 0 radical (unpaired) electrons. The fraction of sp³-hybridized carbons (Fsp3) is 0.312. The van der Waals surface area contributed by atoms with Crippen molar-refractivity contribution in [3.63, 3.8) is 0 Å². The summed E-state index contributed by atoms with van der Waals surface area (Å²) in [6.07, 6.45) is 0. The fourth-order valence-corrected chi connectivity index (χ4v) is 3.54. The molecule has 0 aliphatic carbocycles. The number of thiocarbonyl (C=S) groups is 1. The second-order valence-corrected chi connectivity index (χ2v) is 6.86. The van der Waals surface area contributed by atoms with E-state index < -0.39 is 0 Å². The van der Waals surface area contributed by atoms with E-state index in [1.807, 2.05) is 39.8 Å². The van der Waals surface area contributed by atoms with Gasteiger partial charge in [-0.2, -0.15) is 0 Å². The molecule has 0 fully saturated rings. The monoisotopic (exact) mass is 349 g/mol. The van der Waals surface area contributed by atoms with Gasteiger partial charge in [0.05, 0.1) is 12.7 Å². The number of carbonyl (C=O) groups excluding carboxylic acids is 1. The fourth-order valence-electron chi connectivity index (χ4n) is 2.22. The Kier molecular flexibility index (Phi) is 5.33. The van der Waals surface area contributed by atoms with Crippen molar-refractivity contribution in [2.24, 2.45) is 0 Å². The predicted molar refractivity (Wildman–Crippen MR) is 98.7 cm³/mol. The van der Waals surface area contributed by atoms with Gasteiger partial charge < -0.3 is 15.4 Å². The number of aryl methyl sites for hydroxylation is 3. The number of nitrogens with one attached hydrogen (secondary N) is 2. The lowest BCUT2D eigenvalue weighted by atomic mass is 10.1. The number of pyridine rings is 1. The first-order chi connectivity index (χ1) is 10.8. The molecule has 2 rings (SSSR count). The van der Waals surface area contributed by atoms with E-state index in [0.29, 0.717) is 21.5 Å². The molecule has 7 heteroatoms. The molecule has 0 bridgehead atoms. The number of nitrogens with zero attached hydrogens (tertiary/aromatic N) is 1. The lowest BCUT2D eigenvalue weighted by Crippen LogP contribution is -2.21. The number of ether oxygens (including phenoxy) is 1. The lowest BCUT2D eigenvalue weighted by Gasteiger charge is -2.11. The van der Waals surface area contributed by atoms with Gasteiger partial charge in [0.15, 0.2) is 5.11 Å². The molecule has 0 atom stereocenters. The quantitative estimate of drug-likeness (QED) is 0.646. The highest BCUT2D eigenvalue weighted by Gasteiger charge is 2.20.